The van der Waals surface area contributed by atoms with Gasteiger partial charge in [0.05, 0.1) is 26.6 Å². The van der Waals surface area contributed by atoms with Crippen LogP contribution in [0, 0.1) is 5.41 Å². The molecule has 0 aromatic heterocycles. The zero-order valence-electron chi connectivity index (χ0n) is 12.0. The van der Waals surface area contributed by atoms with Crippen LogP contribution in [0.5, 0.6) is 17.2 Å². The van der Waals surface area contributed by atoms with E-state index in [-0.39, 0.29) is 12.4 Å². The van der Waals surface area contributed by atoms with Crippen LogP contribution in [0.25, 0.3) is 0 Å². The minimum absolute atomic E-state index is 0.162. The molecular weight excluding hydrogens is 304 g/mol. The molecule has 0 aliphatic carbocycles. The van der Waals surface area contributed by atoms with Gasteiger partial charge in [-0.15, -0.1) is 0 Å². The van der Waals surface area contributed by atoms with Crippen molar-refractivity contribution in [2.24, 2.45) is 5.41 Å². The van der Waals surface area contributed by atoms with Crippen molar-refractivity contribution in [1.82, 2.24) is 0 Å². The summed E-state index contributed by atoms with van der Waals surface area (Å²) in [6.07, 6.45) is 0. The molecule has 0 fully saturated rings. The van der Waals surface area contributed by atoms with Crippen LogP contribution in [0.4, 0.5) is 0 Å². The lowest BCUT2D eigenvalue weighted by Gasteiger charge is -2.24. The van der Waals surface area contributed by atoms with E-state index in [0.29, 0.717) is 17.2 Å². The minimum atomic E-state index is -3.59. The van der Waals surface area contributed by atoms with E-state index in [1.807, 2.05) is 0 Å². The second-order valence-electron chi connectivity index (χ2n) is 5.13. The third kappa shape index (κ3) is 5.09. The van der Waals surface area contributed by atoms with Gasteiger partial charge in [0.1, 0.15) is 0 Å². The third-order valence-corrected chi connectivity index (χ3v) is 4.01. The maximum absolute atomic E-state index is 11.2. The van der Waals surface area contributed by atoms with Gasteiger partial charge in [0.25, 0.3) is 0 Å². The zero-order chi connectivity index (χ0) is 15.4. The molecule has 1 aromatic carbocycles. The van der Waals surface area contributed by atoms with Crippen molar-refractivity contribution in [2.75, 3.05) is 26.6 Å². The molecule has 0 aliphatic rings. The van der Waals surface area contributed by atoms with E-state index in [1.54, 1.807) is 32.0 Å². The van der Waals surface area contributed by atoms with Gasteiger partial charge in [-0.3, -0.25) is 0 Å². The first-order valence-electron chi connectivity index (χ1n) is 5.94. The van der Waals surface area contributed by atoms with Crippen molar-refractivity contribution in [3.63, 3.8) is 0 Å². The highest BCUT2D eigenvalue weighted by atomic mass is 35.7. The van der Waals surface area contributed by atoms with Gasteiger partial charge in [-0.25, -0.2) is 8.42 Å². The SMILES string of the molecule is COc1cccc(OC)c1OCC(C)(C)CS(=O)(=O)Cl. The minimum Gasteiger partial charge on any atom is -0.493 e. The predicted octanol–water partition coefficient (Wildman–Crippen LogP) is 2.68. The van der Waals surface area contributed by atoms with Crippen LogP contribution in [0.2, 0.25) is 0 Å². The molecule has 7 heteroatoms. The molecule has 0 aliphatic heterocycles. The van der Waals surface area contributed by atoms with Crippen molar-refractivity contribution in [1.29, 1.82) is 0 Å². The molecule has 0 saturated carbocycles. The van der Waals surface area contributed by atoms with E-state index in [9.17, 15) is 8.42 Å². The van der Waals surface area contributed by atoms with E-state index in [4.69, 9.17) is 24.9 Å². The molecule has 0 spiro atoms. The Morgan fingerprint density at radius 3 is 2.05 bits per heavy atom. The quantitative estimate of drug-likeness (QED) is 0.722. The van der Waals surface area contributed by atoms with Crippen molar-refractivity contribution in [2.45, 2.75) is 13.8 Å². The van der Waals surface area contributed by atoms with Crippen LogP contribution in [-0.4, -0.2) is 35.0 Å². The predicted molar refractivity (Wildman–Crippen MR) is 78.5 cm³/mol. The fourth-order valence-corrected chi connectivity index (χ4v) is 3.64. The Kier molecular flexibility index (Phi) is 5.53. The largest absolute Gasteiger partial charge is 0.493 e. The molecule has 0 amide bonds. The van der Waals surface area contributed by atoms with Crippen LogP contribution in [0.15, 0.2) is 18.2 Å². The van der Waals surface area contributed by atoms with E-state index in [0.717, 1.165) is 0 Å². The van der Waals surface area contributed by atoms with Crippen LogP contribution in [0.1, 0.15) is 13.8 Å². The van der Waals surface area contributed by atoms with Crippen LogP contribution in [-0.2, 0) is 9.05 Å². The van der Waals surface area contributed by atoms with Gasteiger partial charge in [-0.05, 0) is 12.1 Å². The molecule has 0 N–H and O–H groups in total. The van der Waals surface area contributed by atoms with Gasteiger partial charge < -0.3 is 14.2 Å². The standard InChI is InChI=1S/C13H19ClO5S/c1-13(2,9-20(14,15)16)8-19-12-10(17-3)6-5-7-11(12)18-4/h5-7H,8-9H2,1-4H3. The van der Waals surface area contributed by atoms with Gasteiger partial charge in [-0.1, -0.05) is 19.9 Å². The number of hydrogen-bond donors (Lipinski definition) is 0. The number of hydrogen-bond acceptors (Lipinski definition) is 5. The van der Waals surface area contributed by atoms with E-state index >= 15 is 0 Å². The summed E-state index contributed by atoms with van der Waals surface area (Å²) in [7, 11) is 4.74. The van der Waals surface area contributed by atoms with Crippen molar-refractivity contribution in [3.05, 3.63) is 18.2 Å². The maximum Gasteiger partial charge on any atom is 0.233 e. The van der Waals surface area contributed by atoms with E-state index in [1.165, 1.54) is 14.2 Å². The first kappa shape index (κ1) is 16.9. The van der Waals surface area contributed by atoms with E-state index in [2.05, 4.69) is 0 Å². The van der Waals surface area contributed by atoms with Crippen molar-refractivity contribution >= 4 is 19.7 Å². The van der Waals surface area contributed by atoms with Crippen LogP contribution in [0.3, 0.4) is 0 Å². The summed E-state index contributed by atoms with van der Waals surface area (Å²) in [5.41, 5.74) is -0.632. The first-order valence-corrected chi connectivity index (χ1v) is 8.42. The second-order valence-corrected chi connectivity index (χ2v) is 7.90. The molecule has 20 heavy (non-hydrogen) atoms. The lowest BCUT2D eigenvalue weighted by atomic mass is 9.98. The summed E-state index contributed by atoms with van der Waals surface area (Å²) < 4.78 is 38.4. The molecule has 0 bridgehead atoms. The Morgan fingerprint density at radius 1 is 1.15 bits per heavy atom. The number of para-hydroxylation sites is 1. The highest BCUT2D eigenvalue weighted by Gasteiger charge is 2.27. The molecule has 1 aromatic rings. The smallest absolute Gasteiger partial charge is 0.233 e. The molecule has 0 heterocycles. The summed E-state index contributed by atoms with van der Waals surface area (Å²) in [5.74, 6) is 1.30. The normalized spacial score (nSPS) is 12.1. The Balaban J connectivity index is 2.89. The topological polar surface area (TPSA) is 61.8 Å². The molecule has 0 atom stereocenters. The first-order chi connectivity index (χ1) is 9.18. The number of halogens is 1. The molecular formula is C13H19ClO5S. The summed E-state index contributed by atoms with van der Waals surface area (Å²) in [6, 6.07) is 5.26. The average molecular weight is 323 g/mol. The van der Waals surface area contributed by atoms with Gasteiger partial charge >= 0.3 is 0 Å². The van der Waals surface area contributed by atoms with Crippen LogP contribution < -0.4 is 14.2 Å². The van der Waals surface area contributed by atoms with Gasteiger partial charge in [0, 0.05) is 16.1 Å². The Morgan fingerprint density at radius 2 is 1.65 bits per heavy atom. The molecule has 0 radical (unpaired) electrons. The molecule has 0 saturated heterocycles. The maximum atomic E-state index is 11.2. The molecule has 5 nitrogen and oxygen atoms in total. The van der Waals surface area contributed by atoms with Gasteiger partial charge in [0.2, 0.25) is 14.8 Å². The number of methoxy groups -OCH3 is 2. The Hall–Kier alpha value is -1.14. The van der Waals surface area contributed by atoms with Gasteiger partial charge in [0.15, 0.2) is 11.5 Å². The van der Waals surface area contributed by atoms with E-state index < -0.39 is 14.5 Å². The van der Waals surface area contributed by atoms with Crippen molar-refractivity contribution in [3.8, 4) is 17.2 Å². The lowest BCUT2D eigenvalue weighted by molar-refractivity contribution is 0.187. The molecule has 0 unspecified atom stereocenters. The molecule has 114 valence electrons. The third-order valence-electron chi connectivity index (χ3n) is 2.55. The monoisotopic (exact) mass is 322 g/mol. The number of rotatable bonds is 7. The highest BCUT2D eigenvalue weighted by molar-refractivity contribution is 8.13. The second kappa shape index (κ2) is 6.54. The summed E-state index contributed by atoms with van der Waals surface area (Å²) >= 11 is 0. The number of benzene rings is 1. The Bertz CT molecular complexity index is 532. The molecule has 1 rings (SSSR count). The van der Waals surface area contributed by atoms with Crippen LogP contribution >= 0.6 is 10.7 Å². The van der Waals surface area contributed by atoms with Crippen molar-refractivity contribution < 1.29 is 22.6 Å². The van der Waals surface area contributed by atoms with Gasteiger partial charge in [-0.2, -0.15) is 0 Å². The average Bonchev–Trinajstić information content (AvgIpc) is 2.33. The summed E-state index contributed by atoms with van der Waals surface area (Å²) in [4.78, 5) is 0. The zero-order valence-corrected chi connectivity index (χ0v) is 13.5. The lowest BCUT2D eigenvalue weighted by Crippen LogP contribution is -2.28. The Labute approximate surface area is 124 Å². The highest BCUT2D eigenvalue weighted by Crippen LogP contribution is 2.37. The number of ether oxygens (including phenoxy) is 3. The fourth-order valence-electron chi connectivity index (χ4n) is 1.74. The summed E-state index contributed by atoms with van der Waals surface area (Å²) in [6.45, 7) is 3.68. The summed E-state index contributed by atoms with van der Waals surface area (Å²) in [5, 5.41) is 0. The fraction of sp³-hybridized carbons (Fsp3) is 0.538.